The van der Waals surface area contributed by atoms with E-state index in [1.807, 2.05) is 58.0 Å². The van der Waals surface area contributed by atoms with Gasteiger partial charge >= 0.3 is 19.2 Å². The van der Waals surface area contributed by atoms with E-state index in [9.17, 15) is 9.59 Å². The lowest BCUT2D eigenvalue weighted by atomic mass is 9.73. The lowest BCUT2D eigenvalue weighted by Crippen LogP contribution is -2.45. The van der Waals surface area contributed by atoms with Crippen molar-refractivity contribution < 1.29 is 32.8 Å². The van der Waals surface area contributed by atoms with E-state index in [0.717, 1.165) is 5.56 Å². The third-order valence-electron chi connectivity index (χ3n) is 6.92. The number of amides is 1. The minimum Gasteiger partial charge on any atom is -0.467 e. The lowest BCUT2D eigenvalue weighted by molar-refractivity contribution is -0.143. The molecule has 0 radical (unpaired) electrons. The molecule has 1 saturated heterocycles. The van der Waals surface area contributed by atoms with Crippen molar-refractivity contribution in [3.8, 4) is 0 Å². The Morgan fingerprint density at radius 3 is 2.16 bits per heavy atom. The van der Waals surface area contributed by atoms with Crippen LogP contribution in [0.2, 0.25) is 0 Å². The molecule has 206 valence electrons. The van der Waals surface area contributed by atoms with Crippen molar-refractivity contribution in [1.82, 2.24) is 5.32 Å². The van der Waals surface area contributed by atoms with Crippen LogP contribution in [-0.4, -0.2) is 49.1 Å². The van der Waals surface area contributed by atoms with Gasteiger partial charge < -0.3 is 24.1 Å². The van der Waals surface area contributed by atoms with Crippen LogP contribution in [0.3, 0.4) is 0 Å². The van der Waals surface area contributed by atoms with Crippen LogP contribution in [0, 0.1) is 5.82 Å². The van der Waals surface area contributed by atoms with E-state index in [0.29, 0.717) is 29.4 Å². The highest BCUT2D eigenvalue weighted by Gasteiger charge is 2.52. The lowest BCUT2D eigenvalue weighted by Gasteiger charge is -2.32. The first-order chi connectivity index (χ1) is 17.6. The second kappa shape index (κ2) is 11.5. The number of methoxy groups -OCH3 is 1. The summed E-state index contributed by atoms with van der Waals surface area (Å²) in [5.41, 5.74) is 0.647. The molecule has 0 aromatic heterocycles. The fourth-order valence-electron chi connectivity index (χ4n) is 4.21. The average Bonchev–Trinajstić information content (AvgIpc) is 3.03. The van der Waals surface area contributed by atoms with Crippen LogP contribution in [0.25, 0.3) is 0 Å². The van der Waals surface area contributed by atoms with Gasteiger partial charge in [0, 0.05) is 6.42 Å². The Kier molecular flexibility index (Phi) is 8.94. The van der Waals surface area contributed by atoms with Gasteiger partial charge in [0.2, 0.25) is 0 Å². The van der Waals surface area contributed by atoms with Crippen molar-refractivity contribution in [3.05, 3.63) is 65.0 Å². The number of hydrogen-bond acceptors (Lipinski definition) is 6. The van der Waals surface area contributed by atoms with E-state index in [-0.39, 0.29) is 6.42 Å². The first-order valence-electron chi connectivity index (χ1n) is 12.9. The minimum absolute atomic E-state index is 0.00565. The third kappa shape index (κ3) is 7.35. The number of aryl methyl sites for hydroxylation is 1. The van der Waals surface area contributed by atoms with Crippen molar-refractivity contribution in [3.63, 3.8) is 0 Å². The largest absolute Gasteiger partial charge is 0.495 e. The zero-order valence-corrected chi connectivity index (χ0v) is 23.6. The van der Waals surface area contributed by atoms with E-state index < -0.39 is 47.8 Å². The molecule has 1 amide bonds. The highest BCUT2D eigenvalue weighted by molar-refractivity contribution is 6.62. The summed E-state index contributed by atoms with van der Waals surface area (Å²) in [4.78, 5) is 24.9. The van der Waals surface area contributed by atoms with E-state index >= 15 is 4.39 Å². The zero-order chi connectivity index (χ0) is 28.3. The van der Waals surface area contributed by atoms with Crippen LogP contribution in [0.4, 0.5) is 9.18 Å². The normalized spacial score (nSPS) is 17.1. The van der Waals surface area contributed by atoms with Gasteiger partial charge in [0.15, 0.2) is 0 Å². The Bertz CT molecular complexity index is 1130. The molecule has 1 aliphatic heterocycles. The molecule has 1 N–H and O–H groups in total. The van der Waals surface area contributed by atoms with Crippen molar-refractivity contribution in [2.75, 3.05) is 7.11 Å². The van der Waals surface area contributed by atoms with E-state index in [1.54, 1.807) is 26.8 Å². The van der Waals surface area contributed by atoms with E-state index in [2.05, 4.69) is 5.32 Å². The summed E-state index contributed by atoms with van der Waals surface area (Å²) in [6.07, 6.45) is 0.300. The quantitative estimate of drug-likeness (QED) is 0.402. The predicted molar refractivity (Wildman–Crippen MR) is 145 cm³/mol. The smallest absolute Gasteiger partial charge is 0.467 e. The molecule has 38 heavy (non-hydrogen) atoms. The number of benzene rings is 2. The number of carbonyl (C=O) groups is 2. The summed E-state index contributed by atoms with van der Waals surface area (Å²) in [6.45, 7) is 12.9. The Hall–Kier alpha value is -2.91. The van der Waals surface area contributed by atoms with Crippen LogP contribution < -0.4 is 10.8 Å². The highest BCUT2D eigenvalue weighted by atomic mass is 19.1. The van der Waals surface area contributed by atoms with Gasteiger partial charge in [0.25, 0.3) is 0 Å². The van der Waals surface area contributed by atoms with Gasteiger partial charge in [-0.05, 0) is 89.5 Å². The molecule has 2 aromatic carbocycles. The average molecular weight is 527 g/mol. The predicted octanol–water partition coefficient (Wildman–Crippen LogP) is 4.52. The molecule has 0 aliphatic carbocycles. The SMILES string of the molecule is COC(=O)[C@H](Cc1cc(F)c(CCc2ccccc2)c(B2OC(C)(C)C(C)(C)O2)c1)NC(=O)OC(C)(C)C. The molecular weight excluding hydrogens is 488 g/mol. The summed E-state index contributed by atoms with van der Waals surface area (Å²) in [7, 11) is 0.436. The maximum Gasteiger partial charge on any atom is 0.495 e. The molecular formula is C29H39BFNO6. The number of nitrogens with one attached hydrogen (secondary N) is 1. The number of hydrogen-bond donors (Lipinski definition) is 1. The van der Waals surface area contributed by atoms with Gasteiger partial charge in [-0.2, -0.15) is 0 Å². The van der Waals surface area contributed by atoms with Gasteiger partial charge in [0.1, 0.15) is 17.5 Å². The van der Waals surface area contributed by atoms with Gasteiger partial charge in [-0.25, -0.2) is 14.0 Å². The van der Waals surface area contributed by atoms with Gasteiger partial charge in [-0.1, -0.05) is 36.4 Å². The number of ether oxygens (including phenoxy) is 2. The zero-order valence-electron chi connectivity index (χ0n) is 23.6. The second-order valence-electron chi connectivity index (χ2n) is 11.6. The Morgan fingerprint density at radius 1 is 1.00 bits per heavy atom. The molecule has 1 heterocycles. The topological polar surface area (TPSA) is 83.1 Å². The molecule has 0 bridgehead atoms. The van der Waals surface area contributed by atoms with Crippen LogP contribution in [0.5, 0.6) is 0 Å². The Morgan fingerprint density at radius 2 is 1.61 bits per heavy atom. The molecule has 9 heteroatoms. The van der Waals surface area contributed by atoms with Gasteiger partial charge in [0.05, 0.1) is 18.3 Å². The number of rotatable bonds is 8. The van der Waals surface area contributed by atoms with Gasteiger partial charge in [-0.3, -0.25) is 0 Å². The first kappa shape index (κ1) is 29.6. The molecule has 0 spiro atoms. The molecule has 0 unspecified atom stereocenters. The van der Waals surface area contributed by atoms with Crippen LogP contribution in [0.1, 0.15) is 65.2 Å². The monoisotopic (exact) mass is 527 g/mol. The molecule has 3 rings (SSSR count). The summed E-state index contributed by atoms with van der Waals surface area (Å²) in [6, 6.07) is 12.0. The molecule has 1 fully saturated rings. The van der Waals surface area contributed by atoms with Crippen molar-refractivity contribution >= 4 is 24.6 Å². The number of esters is 1. The molecule has 2 aromatic rings. The Labute approximate surface area is 225 Å². The number of halogens is 1. The third-order valence-corrected chi connectivity index (χ3v) is 6.92. The second-order valence-corrected chi connectivity index (χ2v) is 11.6. The standard InChI is InChI=1S/C29H39BFNO6/c1-27(2,3)36-26(34)32-24(25(33)35-8)18-20-16-22(30-37-28(4,5)29(6,7)38-30)21(23(31)17-20)15-14-19-12-10-9-11-13-19/h9-13,16-17,24H,14-15,18H2,1-8H3,(H,32,34)/t24-/m0/s1. The maximum atomic E-state index is 15.7. The number of alkyl carbamates (subject to hydrolysis) is 1. The highest BCUT2D eigenvalue weighted by Crippen LogP contribution is 2.37. The summed E-state index contributed by atoms with van der Waals surface area (Å²) >= 11 is 0. The first-order valence-corrected chi connectivity index (χ1v) is 12.9. The van der Waals surface area contributed by atoms with Crippen molar-refractivity contribution in [2.24, 2.45) is 0 Å². The van der Waals surface area contributed by atoms with Crippen molar-refractivity contribution in [1.29, 1.82) is 0 Å². The van der Waals surface area contributed by atoms with Gasteiger partial charge in [-0.15, -0.1) is 0 Å². The fraction of sp³-hybridized carbons (Fsp3) is 0.517. The van der Waals surface area contributed by atoms with Crippen molar-refractivity contribution in [2.45, 2.75) is 90.6 Å². The Balaban J connectivity index is 1.95. The number of carbonyl (C=O) groups excluding carboxylic acids is 2. The molecule has 1 atom stereocenters. The van der Waals surface area contributed by atoms with E-state index in [4.69, 9.17) is 18.8 Å². The summed E-state index contributed by atoms with van der Waals surface area (Å²) in [5.74, 6) is -1.09. The fourth-order valence-corrected chi connectivity index (χ4v) is 4.21. The van der Waals surface area contributed by atoms with Crippen LogP contribution in [0.15, 0.2) is 42.5 Å². The molecule has 0 saturated carbocycles. The molecule has 7 nitrogen and oxygen atoms in total. The maximum absolute atomic E-state index is 15.7. The summed E-state index contributed by atoms with van der Waals surface area (Å²) < 4.78 is 38.5. The van der Waals surface area contributed by atoms with E-state index in [1.165, 1.54) is 13.2 Å². The minimum atomic E-state index is -1.07. The molecule has 1 aliphatic rings. The van der Waals surface area contributed by atoms with Crippen LogP contribution >= 0.6 is 0 Å². The van der Waals surface area contributed by atoms with Crippen LogP contribution in [-0.2, 0) is 42.8 Å². The summed E-state index contributed by atoms with van der Waals surface area (Å²) in [5, 5.41) is 2.55.